The highest BCUT2D eigenvalue weighted by Crippen LogP contribution is 2.28. The first kappa shape index (κ1) is 23.0. The molecule has 1 fully saturated rings. The maximum atomic E-state index is 11.8. The number of hydrogen-bond acceptors (Lipinski definition) is 8. The Hall–Kier alpha value is -0.0300. The van der Waals surface area contributed by atoms with Crippen molar-refractivity contribution in [3.63, 3.8) is 0 Å². The van der Waals surface area contributed by atoms with Gasteiger partial charge in [0.15, 0.2) is 0 Å². The molecule has 0 aliphatic carbocycles. The molecule has 1 aliphatic rings. The van der Waals surface area contributed by atoms with Crippen LogP contribution >= 0.6 is 23.5 Å². The molecule has 5 atom stereocenters. The van der Waals surface area contributed by atoms with E-state index in [0.717, 1.165) is 29.2 Å². The van der Waals surface area contributed by atoms with Crippen LogP contribution in [-0.2, 0) is 9.53 Å². The lowest BCUT2D eigenvalue weighted by Gasteiger charge is -2.39. The monoisotopic (exact) mass is 397 g/mol. The molecule has 1 rings (SSSR count). The van der Waals surface area contributed by atoms with E-state index in [0.29, 0.717) is 6.54 Å². The van der Waals surface area contributed by atoms with Crippen LogP contribution in [0.15, 0.2) is 0 Å². The van der Waals surface area contributed by atoms with Crippen molar-refractivity contribution in [1.82, 2.24) is 5.32 Å². The molecule has 0 saturated carbocycles. The lowest BCUT2D eigenvalue weighted by Crippen LogP contribution is -2.57. The van der Waals surface area contributed by atoms with Crippen molar-refractivity contribution in [2.24, 2.45) is 5.92 Å². The van der Waals surface area contributed by atoms with Crippen molar-refractivity contribution in [2.45, 2.75) is 56.5 Å². The van der Waals surface area contributed by atoms with Gasteiger partial charge >= 0.3 is 0 Å². The van der Waals surface area contributed by atoms with Crippen LogP contribution in [-0.4, -0.2) is 86.6 Å². The molecular weight excluding hydrogens is 366 g/mol. The van der Waals surface area contributed by atoms with Crippen LogP contribution in [0.25, 0.3) is 0 Å². The number of nitrogens with one attached hydrogen (secondary N) is 1. The SMILES string of the molecule is CC(C)CCCSCCNC(=O)CS[C@H]1OC(CO)[C@@H](O)C(O)C1O. The summed E-state index contributed by atoms with van der Waals surface area (Å²) in [5.41, 5.74) is -0.869. The normalized spacial score (nSPS) is 29.8. The molecule has 0 bridgehead atoms. The van der Waals surface area contributed by atoms with Gasteiger partial charge in [-0.05, 0) is 18.1 Å². The van der Waals surface area contributed by atoms with Crippen LogP contribution in [0.2, 0.25) is 0 Å². The summed E-state index contributed by atoms with van der Waals surface area (Å²) in [4.78, 5) is 11.8. The van der Waals surface area contributed by atoms with E-state index in [9.17, 15) is 20.1 Å². The van der Waals surface area contributed by atoms with Gasteiger partial charge in [-0.15, -0.1) is 11.8 Å². The second-order valence-electron chi connectivity index (χ2n) is 6.51. The zero-order valence-electron chi connectivity index (χ0n) is 14.8. The number of carbonyl (C=O) groups excluding carboxylic acids is 1. The molecule has 0 aromatic rings. The van der Waals surface area contributed by atoms with Crippen molar-refractivity contribution < 1.29 is 30.0 Å². The van der Waals surface area contributed by atoms with Crippen molar-refractivity contribution in [3.05, 3.63) is 0 Å². The Bertz CT molecular complexity index is 386. The first-order valence-corrected chi connectivity index (χ1v) is 10.8. The fourth-order valence-corrected chi connectivity index (χ4v) is 4.19. The van der Waals surface area contributed by atoms with Crippen LogP contribution in [0.3, 0.4) is 0 Å². The quantitative estimate of drug-likeness (QED) is 0.304. The molecule has 3 unspecified atom stereocenters. The molecule has 0 aromatic heterocycles. The Balaban J connectivity index is 2.16. The van der Waals surface area contributed by atoms with E-state index in [2.05, 4.69) is 19.2 Å². The summed E-state index contributed by atoms with van der Waals surface area (Å²) in [6.45, 7) is 4.53. The van der Waals surface area contributed by atoms with Crippen molar-refractivity contribution in [1.29, 1.82) is 0 Å². The molecule has 1 saturated heterocycles. The van der Waals surface area contributed by atoms with E-state index in [1.54, 1.807) is 0 Å². The Labute approximate surface area is 157 Å². The minimum atomic E-state index is -1.41. The molecule has 1 amide bonds. The smallest absolute Gasteiger partial charge is 0.230 e. The lowest BCUT2D eigenvalue weighted by molar-refractivity contribution is -0.205. The molecule has 1 heterocycles. The highest BCUT2D eigenvalue weighted by atomic mass is 32.2. The summed E-state index contributed by atoms with van der Waals surface area (Å²) in [5.74, 6) is 2.56. The van der Waals surface area contributed by atoms with Crippen molar-refractivity contribution in [2.75, 3.05) is 30.4 Å². The average Bonchev–Trinajstić information content (AvgIpc) is 2.58. The number of amides is 1. The number of aliphatic hydroxyl groups is 4. The molecule has 0 aromatic carbocycles. The van der Waals surface area contributed by atoms with E-state index in [1.807, 2.05) is 11.8 Å². The van der Waals surface area contributed by atoms with E-state index in [1.165, 1.54) is 12.8 Å². The Morgan fingerprint density at radius 3 is 2.52 bits per heavy atom. The third kappa shape index (κ3) is 8.47. The first-order chi connectivity index (χ1) is 11.9. The largest absolute Gasteiger partial charge is 0.394 e. The molecule has 25 heavy (non-hydrogen) atoms. The van der Waals surface area contributed by atoms with Crippen molar-refractivity contribution >= 4 is 29.4 Å². The predicted octanol–water partition coefficient (Wildman–Crippen LogP) is -0.195. The maximum Gasteiger partial charge on any atom is 0.230 e. The molecule has 7 nitrogen and oxygen atoms in total. The zero-order chi connectivity index (χ0) is 18.8. The number of ether oxygens (including phenoxy) is 1. The molecule has 5 N–H and O–H groups in total. The van der Waals surface area contributed by atoms with Crippen molar-refractivity contribution in [3.8, 4) is 0 Å². The third-order valence-electron chi connectivity index (χ3n) is 3.87. The number of aliphatic hydroxyl groups excluding tert-OH is 4. The van der Waals surface area contributed by atoms with Gasteiger partial charge < -0.3 is 30.5 Å². The second kappa shape index (κ2) is 12.4. The summed E-state index contributed by atoms with van der Waals surface area (Å²) in [6.07, 6.45) is -2.64. The van der Waals surface area contributed by atoms with Gasteiger partial charge in [-0.2, -0.15) is 11.8 Å². The van der Waals surface area contributed by atoms with Gasteiger partial charge in [0.2, 0.25) is 5.91 Å². The zero-order valence-corrected chi connectivity index (χ0v) is 16.5. The Morgan fingerprint density at radius 2 is 1.88 bits per heavy atom. The van der Waals surface area contributed by atoms with Gasteiger partial charge in [-0.25, -0.2) is 0 Å². The Kier molecular flexibility index (Phi) is 11.4. The fourth-order valence-electron chi connectivity index (χ4n) is 2.37. The van der Waals surface area contributed by atoms with Gasteiger partial charge in [0.25, 0.3) is 0 Å². The van der Waals surface area contributed by atoms with Gasteiger partial charge in [-0.1, -0.05) is 20.3 Å². The topological polar surface area (TPSA) is 119 Å². The van der Waals surface area contributed by atoms with Crippen LogP contribution < -0.4 is 5.32 Å². The second-order valence-corrected chi connectivity index (χ2v) is 8.82. The highest BCUT2D eigenvalue weighted by molar-refractivity contribution is 8.00. The average molecular weight is 398 g/mol. The van der Waals surface area contributed by atoms with Gasteiger partial charge in [-0.3, -0.25) is 4.79 Å². The van der Waals surface area contributed by atoms with Gasteiger partial charge in [0, 0.05) is 12.3 Å². The molecular formula is C16H31NO6S2. The fraction of sp³-hybridized carbons (Fsp3) is 0.938. The van der Waals surface area contributed by atoms with Crippen LogP contribution in [0.4, 0.5) is 0 Å². The Morgan fingerprint density at radius 1 is 1.16 bits per heavy atom. The minimum Gasteiger partial charge on any atom is -0.394 e. The number of rotatable bonds is 11. The summed E-state index contributed by atoms with van der Waals surface area (Å²) < 4.78 is 5.34. The summed E-state index contributed by atoms with van der Waals surface area (Å²) >= 11 is 2.85. The van der Waals surface area contributed by atoms with Gasteiger partial charge in [0.05, 0.1) is 12.4 Å². The summed E-state index contributed by atoms with van der Waals surface area (Å²) in [7, 11) is 0. The van der Waals surface area contributed by atoms with Gasteiger partial charge in [0.1, 0.15) is 29.9 Å². The summed E-state index contributed by atoms with van der Waals surface area (Å²) in [6, 6.07) is 0. The standard InChI is InChI=1S/C16H31NO6S2/c1-10(2)4-3-6-24-7-5-17-12(19)9-25-16-15(22)14(21)13(20)11(8-18)23-16/h10-11,13-16,18,20-22H,3-9H2,1-2H3,(H,17,19)/t11?,13-,14?,15?,16-/m1/s1. The van der Waals surface area contributed by atoms with E-state index < -0.39 is 36.5 Å². The van der Waals surface area contributed by atoms with E-state index in [4.69, 9.17) is 9.84 Å². The molecule has 1 aliphatic heterocycles. The molecule has 9 heteroatoms. The highest BCUT2D eigenvalue weighted by Gasteiger charge is 2.43. The van der Waals surface area contributed by atoms with Crippen LogP contribution in [0.1, 0.15) is 26.7 Å². The lowest BCUT2D eigenvalue weighted by atomic mass is 10.0. The first-order valence-electron chi connectivity index (χ1n) is 8.63. The molecule has 148 valence electrons. The summed E-state index contributed by atoms with van der Waals surface area (Å²) in [5, 5.41) is 41.2. The minimum absolute atomic E-state index is 0.0701. The molecule has 0 radical (unpaired) electrons. The van der Waals surface area contributed by atoms with Crippen LogP contribution in [0.5, 0.6) is 0 Å². The third-order valence-corrected chi connectivity index (χ3v) is 6.08. The van der Waals surface area contributed by atoms with Crippen LogP contribution in [0, 0.1) is 5.92 Å². The number of thioether (sulfide) groups is 2. The maximum absolute atomic E-state index is 11.8. The predicted molar refractivity (Wildman–Crippen MR) is 101 cm³/mol. The number of hydrogen-bond donors (Lipinski definition) is 5. The van der Waals surface area contributed by atoms with E-state index >= 15 is 0 Å². The molecule has 0 spiro atoms. The van der Waals surface area contributed by atoms with E-state index in [-0.39, 0.29) is 11.7 Å². The number of carbonyl (C=O) groups is 1.